The fraction of sp³-hybridized carbons (Fsp3) is 0.444. The van der Waals surface area contributed by atoms with E-state index < -0.39 is 0 Å². The van der Waals surface area contributed by atoms with E-state index >= 15 is 0 Å². The fourth-order valence-corrected chi connectivity index (χ4v) is 4.61. The van der Waals surface area contributed by atoms with Gasteiger partial charge in [-0.2, -0.15) is 0 Å². The molecule has 1 aromatic carbocycles. The van der Waals surface area contributed by atoms with Gasteiger partial charge in [0.2, 0.25) is 5.91 Å². The lowest BCUT2D eigenvalue weighted by Gasteiger charge is -2.07. The standard InChI is InChI=1S/C18H20Cl2N2OS/c19-14-7-13(8-15(20)10-14)9-16-11-21-18(24-16)22-17(23)6-5-12-3-1-2-4-12/h7-8,10-12H,1-6,9H2,(H,21,22,23). The van der Waals surface area contributed by atoms with Gasteiger partial charge in [-0.3, -0.25) is 4.79 Å². The summed E-state index contributed by atoms with van der Waals surface area (Å²) >= 11 is 13.5. The summed E-state index contributed by atoms with van der Waals surface area (Å²) in [4.78, 5) is 17.4. The van der Waals surface area contributed by atoms with Crippen LogP contribution in [0.15, 0.2) is 24.4 Å². The SMILES string of the molecule is O=C(CCC1CCCC1)Nc1ncc(Cc2cc(Cl)cc(Cl)c2)s1. The van der Waals surface area contributed by atoms with Gasteiger partial charge in [0.15, 0.2) is 5.13 Å². The number of hydrogen-bond acceptors (Lipinski definition) is 3. The molecule has 0 spiro atoms. The minimum absolute atomic E-state index is 0.0635. The Morgan fingerprint density at radius 1 is 1.21 bits per heavy atom. The Bertz CT molecular complexity index is 691. The molecule has 3 rings (SSSR count). The summed E-state index contributed by atoms with van der Waals surface area (Å²) < 4.78 is 0. The van der Waals surface area contributed by atoms with Crippen LogP contribution in [0.25, 0.3) is 0 Å². The molecule has 3 nitrogen and oxygen atoms in total. The maximum Gasteiger partial charge on any atom is 0.226 e. The molecule has 1 aliphatic carbocycles. The second-order valence-electron chi connectivity index (χ2n) is 6.32. The van der Waals surface area contributed by atoms with Crippen LogP contribution in [-0.4, -0.2) is 10.9 Å². The first kappa shape index (κ1) is 17.7. The first-order chi connectivity index (χ1) is 11.6. The third kappa shape index (κ3) is 5.20. The summed E-state index contributed by atoms with van der Waals surface area (Å²) in [5, 5.41) is 4.83. The largest absolute Gasteiger partial charge is 0.302 e. The summed E-state index contributed by atoms with van der Waals surface area (Å²) in [5.41, 5.74) is 1.04. The van der Waals surface area contributed by atoms with E-state index in [9.17, 15) is 4.79 Å². The van der Waals surface area contributed by atoms with Gasteiger partial charge in [-0.25, -0.2) is 4.98 Å². The van der Waals surface area contributed by atoms with Gasteiger partial charge in [0.1, 0.15) is 0 Å². The number of rotatable bonds is 6. The lowest BCUT2D eigenvalue weighted by atomic mass is 10.0. The maximum atomic E-state index is 12.0. The molecule has 6 heteroatoms. The topological polar surface area (TPSA) is 42.0 Å². The Balaban J connectivity index is 1.52. The number of hydrogen-bond donors (Lipinski definition) is 1. The molecule has 1 aromatic heterocycles. The van der Waals surface area contributed by atoms with Crippen LogP contribution in [0.2, 0.25) is 10.0 Å². The molecule has 0 atom stereocenters. The van der Waals surface area contributed by atoms with Gasteiger partial charge >= 0.3 is 0 Å². The predicted molar refractivity (Wildman–Crippen MR) is 101 cm³/mol. The number of carbonyl (C=O) groups is 1. The number of benzene rings is 1. The zero-order valence-corrected chi connectivity index (χ0v) is 15.7. The van der Waals surface area contributed by atoms with Crippen molar-refractivity contribution in [3.8, 4) is 0 Å². The highest BCUT2D eigenvalue weighted by atomic mass is 35.5. The zero-order chi connectivity index (χ0) is 16.9. The number of nitrogens with one attached hydrogen (secondary N) is 1. The van der Waals surface area contributed by atoms with E-state index in [-0.39, 0.29) is 5.91 Å². The number of amides is 1. The zero-order valence-electron chi connectivity index (χ0n) is 13.4. The first-order valence-corrected chi connectivity index (χ1v) is 9.85. The average molecular weight is 383 g/mol. The number of aromatic nitrogens is 1. The highest BCUT2D eigenvalue weighted by Crippen LogP contribution is 2.29. The summed E-state index contributed by atoms with van der Waals surface area (Å²) in [5.74, 6) is 0.795. The molecule has 0 unspecified atom stereocenters. The summed E-state index contributed by atoms with van der Waals surface area (Å²) in [6.45, 7) is 0. The lowest BCUT2D eigenvalue weighted by Crippen LogP contribution is -2.12. The summed E-state index contributed by atoms with van der Waals surface area (Å²) in [7, 11) is 0. The van der Waals surface area contributed by atoms with Crippen LogP contribution in [-0.2, 0) is 11.2 Å². The Morgan fingerprint density at radius 2 is 1.92 bits per heavy atom. The molecular weight excluding hydrogens is 363 g/mol. The normalized spacial score (nSPS) is 14.9. The van der Waals surface area contributed by atoms with E-state index in [1.165, 1.54) is 37.0 Å². The number of carbonyl (C=O) groups excluding carboxylic acids is 1. The van der Waals surface area contributed by atoms with Crippen LogP contribution in [0, 0.1) is 5.92 Å². The Morgan fingerprint density at radius 3 is 2.62 bits per heavy atom. The van der Waals surface area contributed by atoms with E-state index in [2.05, 4.69) is 10.3 Å². The predicted octanol–water partition coefficient (Wildman–Crippen LogP) is 5.95. The van der Waals surface area contributed by atoms with Crippen LogP contribution in [0.3, 0.4) is 0 Å². The van der Waals surface area contributed by atoms with Crippen molar-refractivity contribution < 1.29 is 4.79 Å². The van der Waals surface area contributed by atoms with Crippen LogP contribution < -0.4 is 5.32 Å². The Hall–Kier alpha value is -1.10. The lowest BCUT2D eigenvalue weighted by molar-refractivity contribution is -0.116. The summed E-state index contributed by atoms with van der Waals surface area (Å²) in [6, 6.07) is 5.51. The van der Waals surface area contributed by atoms with Gasteiger partial charge in [0.25, 0.3) is 0 Å². The molecule has 24 heavy (non-hydrogen) atoms. The molecule has 0 bridgehead atoms. The van der Waals surface area contributed by atoms with E-state index in [1.807, 2.05) is 12.1 Å². The second kappa shape index (κ2) is 8.32. The third-order valence-electron chi connectivity index (χ3n) is 4.36. The van der Waals surface area contributed by atoms with E-state index in [1.54, 1.807) is 12.3 Å². The van der Waals surface area contributed by atoms with Crippen molar-refractivity contribution in [3.63, 3.8) is 0 Å². The Labute approximate surface area is 156 Å². The van der Waals surface area contributed by atoms with E-state index in [4.69, 9.17) is 23.2 Å². The van der Waals surface area contributed by atoms with Gasteiger partial charge in [-0.1, -0.05) is 48.9 Å². The third-order valence-corrected chi connectivity index (χ3v) is 5.70. The molecule has 0 saturated heterocycles. The van der Waals surface area contributed by atoms with Crippen molar-refractivity contribution >= 4 is 45.6 Å². The average Bonchev–Trinajstić information content (AvgIpc) is 3.16. The van der Waals surface area contributed by atoms with Crippen LogP contribution in [0.5, 0.6) is 0 Å². The van der Waals surface area contributed by atoms with Gasteiger partial charge in [-0.15, -0.1) is 11.3 Å². The maximum absolute atomic E-state index is 12.0. The molecule has 1 heterocycles. The van der Waals surface area contributed by atoms with Crippen molar-refractivity contribution in [2.45, 2.75) is 44.9 Å². The van der Waals surface area contributed by atoms with Crippen molar-refractivity contribution in [1.82, 2.24) is 4.98 Å². The quantitative estimate of drug-likeness (QED) is 0.670. The van der Waals surface area contributed by atoms with Gasteiger partial charge in [0, 0.05) is 34.0 Å². The molecular formula is C18H20Cl2N2OS. The molecule has 1 N–H and O–H groups in total. The van der Waals surface area contributed by atoms with Crippen molar-refractivity contribution in [2.24, 2.45) is 5.92 Å². The second-order valence-corrected chi connectivity index (χ2v) is 8.31. The number of anilines is 1. The van der Waals surface area contributed by atoms with Gasteiger partial charge in [-0.05, 0) is 36.1 Å². The van der Waals surface area contributed by atoms with E-state index in [0.717, 1.165) is 22.8 Å². The molecule has 0 aliphatic heterocycles. The number of halogens is 2. The molecule has 1 saturated carbocycles. The molecule has 1 amide bonds. The number of nitrogens with zero attached hydrogens (tertiary/aromatic N) is 1. The Kier molecular flexibility index (Phi) is 6.14. The van der Waals surface area contributed by atoms with Crippen molar-refractivity contribution in [2.75, 3.05) is 5.32 Å². The molecule has 0 radical (unpaired) electrons. The van der Waals surface area contributed by atoms with Crippen LogP contribution in [0.1, 0.15) is 49.0 Å². The smallest absolute Gasteiger partial charge is 0.226 e. The van der Waals surface area contributed by atoms with Gasteiger partial charge < -0.3 is 5.32 Å². The number of thiazole rings is 1. The molecule has 128 valence electrons. The summed E-state index contributed by atoms with van der Waals surface area (Å²) in [6.07, 6.45) is 9.26. The highest BCUT2D eigenvalue weighted by molar-refractivity contribution is 7.15. The van der Waals surface area contributed by atoms with Crippen LogP contribution in [0.4, 0.5) is 5.13 Å². The van der Waals surface area contributed by atoms with Gasteiger partial charge in [0.05, 0.1) is 0 Å². The fourth-order valence-electron chi connectivity index (χ4n) is 3.18. The minimum atomic E-state index is 0.0635. The first-order valence-electron chi connectivity index (χ1n) is 8.28. The molecule has 1 fully saturated rings. The van der Waals surface area contributed by atoms with Crippen molar-refractivity contribution in [1.29, 1.82) is 0 Å². The molecule has 2 aromatic rings. The monoisotopic (exact) mass is 382 g/mol. The highest BCUT2D eigenvalue weighted by Gasteiger charge is 2.16. The van der Waals surface area contributed by atoms with E-state index in [0.29, 0.717) is 28.0 Å². The van der Waals surface area contributed by atoms with Crippen molar-refractivity contribution in [3.05, 3.63) is 44.9 Å². The van der Waals surface area contributed by atoms with Crippen LogP contribution >= 0.6 is 34.5 Å². The minimum Gasteiger partial charge on any atom is -0.302 e. The molecule has 1 aliphatic rings.